The summed E-state index contributed by atoms with van der Waals surface area (Å²) in [6.45, 7) is 3.07. The summed E-state index contributed by atoms with van der Waals surface area (Å²) in [5.41, 5.74) is 1.24. The van der Waals surface area contributed by atoms with Crippen LogP contribution in [0.1, 0.15) is 31.7 Å². The Balaban J connectivity index is 1.96. The second kappa shape index (κ2) is 6.89. The molecule has 1 saturated heterocycles. The van der Waals surface area contributed by atoms with Crippen molar-refractivity contribution in [3.05, 3.63) is 29.8 Å². The van der Waals surface area contributed by atoms with Gasteiger partial charge in [0.25, 0.3) is 0 Å². The first-order chi connectivity index (χ1) is 10.1. The van der Waals surface area contributed by atoms with Crippen LogP contribution >= 0.6 is 0 Å². The van der Waals surface area contributed by atoms with Gasteiger partial charge in [-0.05, 0) is 37.1 Å². The van der Waals surface area contributed by atoms with Gasteiger partial charge in [-0.3, -0.25) is 9.59 Å². The van der Waals surface area contributed by atoms with Crippen molar-refractivity contribution in [2.75, 3.05) is 18.4 Å². The number of carbonyl (C=O) groups excluding carboxylic acids is 2. The maximum atomic E-state index is 12.3. The van der Waals surface area contributed by atoms with Crippen LogP contribution in [-0.2, 0) is 9.59 Å². The predicted molar refractivity (Wildman–Crippen MR) is 79.4 cm³/mol. The van der Waals surface area contributed by atoms with Gasteiger partial charge >= 0.3 is 0 Å². The third kappa shape index (κ3) is 3.82. The van der Waals surface area contributed by atoms with E-state index in [4.69, 9.17) is 5.26 Å². The van der Waals surface area contributed by atoms with Crippen LogP contribution < -0.4 is 5.32 Å². The molecule has 1 unspecified atom stereocenters. The van der Waals surface area contributed by atoms with Gasteiger partial charge < -0.3 is 10.2 Å². The minimum absolute atomic E-state index is 0.0617. The molecule has 5 heteroatoms. The van der Waals surface area contributed by atoms with Gasteiger partial charge in [-0.2, -0.15) is 5.26 Å². The van der Waals surface area contributed by atoms with Crippen molar-refractivity contribution in [2.24, 2.45) is 5.92 Å². The number of amides is 2. The number of anilines is 1. The highest BCUT2D eigenvalue weighted by Crippen LogP contribution is 2.19. The number of nitrogens with zero attached hydrogens (tertiary/aromatic N) is 2. The van der Waals surface area contributed by atoms with Crippen molar-refractivity contribution in [3.63, 3.8) is 0 Å². The summed E-state index contributed by atoms with van der Waals surface area (Å²) in [4.78, 5) is 25.8. The first kappa shape index (κ1) is 15.0. The number of carbonyl (C=O) groups is 2. The SMILES string of the molecule is CCC(=O)N1CCCC(C(=O)Nc2ccc(C#N)cc2)C1. The van der Waals surface area contributed by atoms with E-state index in [1.807, 2.05) is 13.0 Å². The summed E-state index contributed by atoms with van der Waals surface area (Å²) in [6.07, 6.45) is 2.14. The zero-order valence-corrected chi connectivity index (χ0v) is 12.1. The van der Waals surface area contributed by atoms with Crippen LogP contribution in [0.3, 0.4) is 0 Å². The molecular weight excluding hydrogens is 266 g/mol. The molecule has 0 saturated carbocycles. The number of hydrogen-bond donors (Lipinski definition) is 1. The van der Waals surface area contributed by atoms with Crippen LogP contribution in [0.4, 0.5) is 5.69 Å². The third-order valence-electron chi connectivity index (χ3n) is 3.73. The van der Waals surface area contributed by atoms with Crippen molar-refractivity contribution < 1.29 is 9.59 Å². The Kier molecular flexibility index (Phi) is 4.94. The highest BCUT2D eigenvalue weighted by atomic mass is 16.2. The number of hydrogen-bond acceptors (Lipinski definition) is 3. The highest BCUT2D eigenvalue weighted by Gasteiger charge is 2.27. The molecule has 1 aliphatic heterocycles. The molecule has 1 heterocycles. The molecule has 0 aliphatic carbocycles. The summed E-state index contributed by atoms with van der Waals surface area (Å²) in [7, 11) is 0. The van der Waals surface area contributed by atoms with E-state index in [2.05, 4.69) is 5.32 Å². The van der Waals surface area contributed by atoms with Gasteiger partial charge in [0.1, 0.15) is 0 Å². The molecule has 110 valence electrons. The molecule has 0 aromatic heterocycles. The van der Waals surface area contributed by atoms with Crippen LogP contribution in [-0.4, -0.2) is 29.8 Å². The van der Waals surface area contributed by atoms with Crippen molar-refractivity contribution in [3.8, 4) is 6.07 Å². The van der Waals surface area contributed by atoms with Crippen molar-refractivity contribution in [2.45, 2.75) is 26.2 Å². The van der Waals surface area contributed by atoms with Crippen LogP contribution in [0.25, 0.3) is 0 Å². The number of nitrogens with one attached hydrogen (secondary N) is 1. The fourth-order valence-electron chi connectivity index (χ4n) is 2.51. The quantitative estimate of drug-likeness (QED) is 0.924. The predicted octanol–water partition coefficient (Wildman–Crippen LogP) is 2.15. The van der Waals surface area contributed by atoms with E-state index in [9.17, 15) is 9.59 Å². The fraction of sp³-hybridized carbons (Fsp3) is 0.438. The van der Waals surface area contributed by atoms with Gasteiger partial charge in [0.2, 0.25) is 11.8 Å². The van der Waals surface area contributed by atoms with E-state index in [0.29, 0.717) is 24.2 Å². The maximum Gasteiger partial charge on any atom is 0.229 e. The Hall–Kier alpha value is -2.35. The summed E-state index contributed by atoms with van der Waals surface area (Å²) in [6, 6.07) is 8.81. The second-order valence-electron chi connectivity index (χ2n) is 5.21. The van der Waals surface area contributed by atoms with E-state index in [0.717, 1.165) is 19.4 Å². The fourth-order valence-corrected chi connectivity index (χ4v) is 2.51. The summed E-state index contributed by atoms with van der Waals surface area (Å²) in [5.74, 6) is -0.121. The second-order valence-corrected chi connectivity index (χ2v) is 5.21. The average Bonchev–Trinajstić information content (AvgIpc) is 2.55. The van der Waals surface area contributed by atoms with Gasteiger partial charge in [-0.15, -0.1) is 0 Å². The third-order valence-corrected chi connectivity index (χ3v) is 3.73. The monoisotopic (exact) mass is 285 g/mol. The highest BCUT2D eigenvalue weighted by molar-refractivity contribution is 5.93. The summed E-state index contributed by atoms with van der Waals surface area (Å²) < 4.78 is 0. The lowest BCUT2D eigenvalue weighted by Crippen LogP contribution is -2.43. The van der Waals surface area contributed by atoms with Gasteiger partial charge in [-0.25, -0.2) is 0 Å². The molecule has 1 fully saturated rings. The van der Waals surface area contributed by atoms with Gasteiger partial charge in [0.05, 0.1) is 17.6 Å². The van der Waals surface area contributed by atoms with E-state index in [1.54, 1.807) is 29.2 Å². The molecule has 1 N–H and O–H groups in total. The number of likely N-dealkylation sites (tertiary alicyclic amines) is 1. The zero-order valence-electron chi connectivity index (χ0n) is 12.1. The smallest absolute Gasteiger partial charge is 0.229 e. The largest absolute Gasteiger partial charge is 0.342 e. The van der Waals surface area contributed by atoms with E-state index < -0.39 is 0 Å². The van der Waals surface area contributed by atoms with E-state index in [-0.39, 0.29) is 17.7 Å². The molecule has 1 atom stereocenters. The minimum Gasteiger partial charge on any atom is -0.342 e. The lowest BCUT2D eigenvalue weighted by Gasteiger charge is -2.31. The molecule has 0 bridgehead atoms. The molecule has 0 radical (unpaired) electrons. The number of nitriles is 1. The molecule has 2 rings (SSSR count). The maximum absolute atomic E-state index is 12.3. The average molecular weight is 285 g/mol. The molecule has 2 amide bonds. The molecular formula is C16H19N3O2. The molecule has 0 spiro atoms. The first-order valence-corrected chi connectivity index (χ1v) is 7.23. The molecule has 21 heavy (non-hydrogen) atoms. The van der Waals surface area contributed by atoms with Crippen LogP contribution in [0.5, 0.6) is 0 Å². The van der Waals surface area contributed by atoms with Gasteiger partial charge in [-0.1, -0.05) is 6.92 Å². The number of rotatable bonds is 3. The van der Waals surface area contributed by atoms with Crippen LogP contribution in [0.2, 0.25) is 0 Å². The summed E-state index contributed by atoms with van der Waals surface area (Å²) >= 11 is 0. The van der Waals surface area contributed by atoms with E-state index in [1.165, 1.54) is 0 Å². The van der Waals surface area contributed by atoms with Crippen molar-refractivity contribution in [1.29, 1.82) is 5.26 Å². The zero-order chi connectivity index (χ0) is 15.2. The Morgan fingerprint density at radius 3 is 2.71 bits per heavy atom. The summed E-state index contributed by atoms with van der Waals surface area (Å²) in [5, 5.41) is 11.6. The Morgan fingerprint density at radius 1 is 1.38 bits per heavy atom. The van der Waals surface area contributed by atoms with Crippen LogP contribution in [0.15, 0.2) is 24.3 Å². The number of benzene rings is 1. The van der Waals surface area contributed by atoms with Gasteiger partial charge in [0, 0.05) is 25.2 Å². The lowest BCUT2D eigenvalue weighted by atomic mass is 9.96. The Labute approximate surface area is 124 Å². The minimum atomic E-state index is -0.162. The molecule has 5 nitrogen and oxygen atoms in total. The molecule has 1 aromatic carbocycles. The molecule has 1 aliphatic rings. The lowest BCUT2D eigenvalue weighted by molar-refractivity contribution is -0.134. The Bertz CT molecular complexity index is 560. The van der Waals surface area contributed by atoms with E-state index >= 15 is 0 Å². The van der Waals surface area contributed by atoms with Crippen LogP contribution in [0, 0.1) is 17.2 Å². The standard InChI is InChI=1S/C16H19N3O2/c1-2-15(20)19-9-3-4-13(11-19)16(21)18-14-7-5-12(10-17)6-8-14/h5-8,13H,2-4,9,11H2,1H3,(H,18,21). The molecule has 1 aromatic rings. The Morgan fingerprint density at radius 2 is 2.10 bits per heavy atom. The number of piperidine rings is 1. The first-order valence-electron chi connectivity index (χ1n) is 7.23. The normalized spacial score (nSPS) is 17.9. The van der Waals surface area contributed by atoms with Crippen molar-refractivity contribution >= 4 is 17.5 Å². The van der Waals surface area contributed by atoms with Crippen molar-refractivity contribution in [1.82, 2.24) is 4.90 Å². The topological polar surface area (TPSA) is 73.2 Å². The van der Waals surface area contributed by atoms with Gasteiger partial charge in [0.15, 0.2) is 0 Å².